The largest absolute Gasteiger partial charge is 0.354 e. The Morgan fingerprint density at radius 2 is 1.67 bits per heavy atom. The van der Waals surface area contributed by atoms with Crippen molar-refractivity contribution in [3.63, 3.8) is 0 Å². The Morgan fingerprint density at radius 3 is 2.37 bits per heavy atom. The summed E-state index contributed by atoms with van der Waals surface area (Å²) in [7, 11) is 0. The highest BCUT2D eigenvalue weighted by Crippen LogP contribution is 2.44. The molecule has 0 radical (unpaired) electrons. The van der Waals surface area contributed by atoms with Gasteiger partial charge in [-0.1, -0.05) is 54.1 Å². The van der Waals surface area contributed by atoms with Crippen LogP contribution in [0.1, 0.15) is 21.9 Å². The van der Waals surface area contributed by atoms with Crippen LogP contribution >= 0.6 is 11.8 Å². The number of hydrogen-bond donors (Lipinski definition) is 1. The Labute approximate surface area is 162 Å². The lowest BCUT2D eigenvalue weighted by Gasteiger charge is -2.12. The minimum atomic E-state index is -0.367. The Morgan fingerprint density at radius 1 is 0.963 bits per heavy atom. The van der Waals surface area contributed by atoms with Gasteiger partial charge in [-0.15, -0.1) is 11.8 Å². The second-order valence-corrected chi connectivity index (χ2v) is 7.64. The molecule has 1 N–H and O–H groups in total. The molecular formula is C22H18N2O2S. The molecule has 0 aliphatic carbocycles. The first-order chi connectivity index (χ1) is 13.1. The maximum atomic E-state index is 11.0. The summed E-state index contributed by atoms with van der Waals surface area (Å²) in [5.41, 5.74) is 5.58. The lowest BCUT2D eigenvalue weighted by Crippen LogP contribution is -1.99. The second kappa shape index (κ2) is 7.29. The number of thioether (sulfide) groups is 1. The molecule has 4 nitrogen and oxygen atoms in total. The molecular weight excluding hydrogens is 356 g/mol. The van der Waals surface area contributed by atoms with Crippen LogP contribution in [0.2, 0.25) is 0 Å². The second-order valence-electron chi connectivity index (χ2n) is 6.45. The summed E-state index contributed by atoms with van der Waals surface area (Å²) >= 11 is 1.74. The average molecular weight is 374 g/mol. The average Bonchev–Trinajstić information content (AvgIpc) is 2.88. The summed E-state index contributed by atoms with van der Waals surface area (Å²) in [5, 5.41) is 14.6. The molecule has 0 fully saturated rings. The Hall–Kier alpha value is -3.05. The van der Waals surface area contributed by atoms with Gasteiger partial charge in [0.2, 0.25) is 0 Å². The van der Waals surface area contributed by atoms with Gasteiger partial charge >= 0.3 is 0 Å². The highest BCUT2D eigenvalue weighted by atomic mass is 32.2. The van der Waals surface area contributed by atoms with E-state index in [0.29, 0.717) is 0 Å². The molecule has 1 atom stereocenters. The smallest absolute Gasteiger partial charge is 0.269 e. The van der Waals surface area contributed by atoms with E-state index in [2.05, 4.69) is 54.7 Å². The van der Waals surface area contributed by atoms with E-state index in [1.807, 2.05) is 24.3 Å². The van der Waals surface area contributed by atoms with E-state index >= 15 is 0 Å². The van der Waals surface area contributed by atoms with E-state index in [1.54, 1.807) is 23.9 Å². The van der Waals surface area contributed by atoms with Gasteiger partial charge in [-0.2, -0.15) is 0 Å². The Balaban J connectivity index is 1.77. The number of aryl methyl sites for hydroxylation is 1. The van der Waals surface area contributed by atoms with Crippen LogP contribution in [0.4, 0.5) is 11.4 Å². The first-order valence-corrected chi connectivity index (χ1v) is 9.54. The predicted octanol–water partition coefficient (Wildman–Crippen LogP) is 6.20. The summed E-state index contributed by atoms with van der Waals surface area (Å²) in [6, 6.07) is 23.5. The van der Waals surface area contributed by atoms with E-state index in [4.69, 9.17) is 0 Å². The van der Waals surface area contributed by atoms with E-state index in [-0.39, 0.29) is 15.9 Å². The lowest BCUT2D eigenvalue weighted by molar-refractivity contribution is -0.384. The van der Waals surface area contributed by atoms with Gasteiger partial charge in [-0.3, -0.25) is 10.1 Å². The molecule has 0 unspecified atom stereocenters. The zero-order valence-corrected chi connectivity index (χ0v) is 15.6. The van der Waals surface area contributed by atoms with E-state index in [1.165, 1.54) is 5.56 Å². The van der Waals surface area contributed by atoms with Crippen LogP contribution < -0.4 is 5.32 Å². The number of non-ortho nitro benzene ring substituents is 1. The van der Waals surface area contributed by atoms with Crippen LogP contribution in [-0.2, 0) is 0 Å². The number of nitrogens with one attached hydrogen (secondary N) is 1. The molecule has 134 valence electrons. The predicted molar refractivity (Wildman–Crippen MR) is 111 cm³/mol. The van der Waals surface area contributed by atoms with Crippen LogP contribution in [-0.4, -0.2) is 4.92 Å². The fraction of sp³-hybridized carbons (Fsp3) is 0.0909. The van der Waals surface area contributed by atoms with Crippen molar-refractivity contribution in [2.45, 2.75) is 17.1 Å². The normalized spacial score (nSPS) is 15.9. The maximum Gasteiger partial charge on any atom is 0.269 e. The zero-order chi connectivity index (χ0) is 18.8. The van der Waals surface area contributed by atoms with Crippen molar-refractivity contribution in [1.29, 1.82) is 0 Å². The summed E-state index contributed by atoms with van der Waals surface area (Å²) in [6.45, 7) is 2.07. The monoisotopic (exact) mass is 374 g/mol. The number of anilines is 1. The van der Waals surface area contributed by atoms with Crippen molar-refractivity contribution >= 4 is 28.8 Å². The number of nitro groups is 1. The van der Waals surface area contributed by atoms with Crippen molar-refractivity contribution in [2.75, 3.05) is 5.32 Å². The van der Waals surface area contributed by atoms with Crippen LogP contribution in [0.15, 0.2) is 83.8 Å². The van der Waals surface area contributed by atoms with Crippen molar-refractivity contribution < 1.29 is 4.92 Å². The van der Waals surface area contributed by atoms with Gasteiger partial charge in [0.25, 0.3) is 5.69 Å². The summed E-state index contributed by atoms with van der Waals surface area (Å²) < 4.78 is 0. The van der Waals surface area contributed by atoms with Crippen LogP contribution in [0.25, 0.3) is 5.70 Å². The highest BCUT2D eigenvalue weighted by Gasteiger charge is 2.20. The van der Waals surface area contributed by atoms with Gasteiger partial charge in [-0.05, 0) is 36.3 Å². The van der Waals surface area contributed by atoms with Gasteiger partial charge in [0.1, 0.15) is 0 Å². The molecule has 3 aromatic carbocycles. The third kappa shape index (κ3) is 3.73. The molecule has 1 heterocycles. The Bertz CT molecular complexity index is 1010. The molecule has 1 aliphatic rings. The molecule has 5 heteroatoms. The summed E-state index contributed by atoms with van der Waals surface area (Å²) in [6.07, 6.45) is 2.19. The molecule has 0 amide bonds. The van der Waals surface area contributed by atoms with E-state index in [9.17, 15) is 10.1 Å². The molecule has 1 aliphatic heterocycles. The number of para-hydroxylation sites is 1. The number of benzene rings is 3. The van der Waals surface area contributed by atoms with Crippen LogP contribution in [0.5, 0.6) is 0 Å². The number of nitrogens with zero attached hydrogens (tertiary/aromatic N) is 1. The van der Waals surface area contributed by atoms with Gasteiger partial charge in [0.15, 0.2) is 0 Å². The lowest BCUT2D eigenvalue weighted by atomic mass is 10.1. The molecule has 0 spiro atoms. The minimum Gasteiger partial charge on any atom is -0.354 e. The third-order valence-electron chi connectivity index (χ3n) is 4.52. The van der Waals surface area contributed by atoms with Gasteiger partial charge in [0, 0.05) is 22.7 Å². The van der Waals surface area contributed by atoms with E-state index < -0.39 is 0 Å². The SMILES string of the molecule is Cc1ccc(C2=C[C@@H](c3ccc([N+](=O)[O-])cc3)Sc3ccccc3N2)cc1. The fourth-order valence-electron chi connectivity index (χ4n) is 3.03. The van der Waals surface area contributed by atoms with Crippen LogP contribution in [0, 0.1) is 17.0 Å². The van der Waals surface area contributed by atoms with Crippen molar-refractivity contribution in [3.8, 4) is 0 Å². The maximum absolute atomic E-state index is 11.0. The summed E-state index contributed by atoms with van der Waals surface area (Å²) in [4.78, 5) is 11.7. The quantitative estimate of drug-likeness (QED) is 0.438. The highest BCUT2D eigenvalue weighted by molar-refractivity contribution is 7.99. The van der Waals surface area contributed by atoms with Gasteiger partial charge in [0.05, 0.1) is 15.9 Å². The molecule has 27 heavy (non-hydrogen) atoms. The topological polar surface area (TPSA) is 55.2 Å². The first-order valence-electron chi connectivity index (χ1n) is 8.66. The molecule has 0 aromatic heterocycles. The van der Waals surface area contributed by atoms with Crippen molar-refractivity contribution in [3.05, 3.63) is 106 Å². The van der Waals surface area contributed by atoms with Gasteiger partial charge < -0.3 is 5.32 Å². The number of nitro benzene ring substituents is 1. The molecule has 0 saturated carbocycles. The fourth-order valence-corrected chi connectivity index (χ4v) is 4.21. The zero-order valence-electron chi connectivity index (χ0n) is 14.8. The number of hydrogen-bond acceptors (Lipinski definition) is 4. The first kappa shape index (κ1) is 17.4. The van der Waals surface area contributed by atoms with E-state index in [0.717, 1.165) is 27.4 Å². The molecule has 4 rings (SSSR count). The standard InChI is InChI=1S/C22H18N2O2S/c1-15-6-8-16(9-7-15)20-14-22(17-10-12-18(13-11-17)24(25)26)27-21-5-3-2-4-19(21)23-20/h2-14,22-23H,1H3/t22-/m0/s1. The van der Waals surface area contributed by atoms with Crippen molar-refractivity contribution in [2.24, 2.45) is 0 Å². The minimum absolute atomic E-state index is 0.0539. The number of rotatable bonds is 3. The summed E-state index contributed by atoms with van der Waals surface area (Å²) in [5.74, 6) is 0. The van der Waals surface area contributed by atoms with Crippen molar-refractivity contribution in [1.82, 2.24) is 0 Å². The van der Waals surface area contributed by atoms with Crippen LogP contribution in [0.3, 0.4) is 0 Å². The third-order valence-corrected chi connectivity index (χ3v) is 5.80. The molecule has 3 aromatic rings. The number of fused-ring (bicyclic) bond motifs is 1. The van der Waals surface area contributed by atoms with Gasteiger partial charge in [-0.25, -0.2) is 0 Å². The Kier molecular flexibility index (Phi) is 4.69. The molecule has 0 bridgehead atoms. The molecule has 0 saturated heterocycles.